The minimum Gasteiger partial charge on any atom is -0.490 e. The number of ether oxygens (including phenoxy) is 3. The fraction of sp³-hybridized carbons (Fsp3) is 0.391. The Kier molecular flexibility index (Phi) is 8.52. The van der Waals surface area contributed by atoms with Crippen LogP contribution in [0.4, 0.5) is 5.69 Å². The number of hydrogen-bond donors (Lipinski definition) is 1. The van der Waals surface area contributed by atoms with Crippen LogP contribution in [0.5, 0.6) is 11.5 Å². The van der Waals surface area contributed by atoms with Crippen molar-refractivity contribution in [3.8, 4) is 11.5 Å². The molecule has 2 rings (SSSR count). The SMILES string of the molecule is CCCCOc1ccc(C(=O)OCC(=O)Nc2ccc(C)cc2C)cc1OCC. The summed E-state index contributed by atoms with van der Waals surface area (Å²) in [5.74, 6) is 0.0823. The zero-order chi connectivity index (χ0) is 21.2. The van der Waals surface area contributed by atoms with Crippen LogP contribution in [0.15, 0.2) is 36.4 Å². The molecule has 0 aliphatic heterocycles. The van der Waals surface area contributed by atoms with E-state index in [0.29, 0.717) is 36.0 Å². The van der Waals surface area contributed by atoms with Crippen molar-refractivity contribution >= 4 is 17.6 Å². The number of carbonyl (C=O) groups is 2. The third-order valence-electron chi connectivity index (χ3n) is 4.23. The summed E-state index contributed by atoms with van der Waals surface area (Å²) in [6.45, 7) is 8.50. The molecule has 0 saturated heterocycles. The molecular formula is C23H29NO5. The van der Waals surface area contributed by atoms with Crippen LogP contribution < -0.4 is 14.8 Å². The summed E-state index contributed by atoms with van der Waals surface area (Å²) in [5.41, 5.74) is 3.06. The second-order valence-corrected chi connectivity index (χ2v) is 6.74. The Balaban J connectivity index is 1.96. The summed E-state index contributed by atoms with van der Waals surface area (Å²) in [7, 11) is 0. The van der Waals surface area contributed by atoms with Crippen molar-refractivity contribution in [1.82, 2.24) is 0 Å². The molecule has 1 amide bonds. The van der Waals surface area contributed by atoms with Crippen LogP contribution in [0.2, 0.25) is 0 Å². The van der Waals surface area contributed by atoms with Gasteiger partial charge in [0.15, 0.2) is 18.1 Å². The molecule has 6 heteroatoms. The summed E-state index contributed by atoms with van der Waals surface area (Å²) >= 11 is 0. The van der Waals surface area contributed by atoms with E-state index in [-0.39, 0.29) is 6.61 Å². The molecule has 2 aromatic rings. The second kappa shape index (κ2) is 11.1. The number of amides is 1. The average molecular weight is 399 g/mol. The van der Waals surface area contributed by atoms with Crippen molar-refractivity contribution in [2.75, 3.05) is 25.1 Å². The van der Waals surface area contributed by atoms with Gasteiger partial charge in [-0.1, -0.05) is 31.0 Å². The number of unbranched alkanes of at least 4 members (excludes halogenated alkanes) is 1. The first-order valence-electron chi connectivity index (χ1n) is 9.88. The van der Waals surface area contributed by atoms with Crippen molar-refractivity contribution in [2.45, 2.75) is 40.5 Å². The van der Waals surface area contributed by atoms with Crippen LogP contribution in [0, 0.1) is 13.8 Å². The van der Waals surface area contributed by atoms with Crippen LogP contribution >= 0.6 is 0 Å². The summed E-state index contributed by atoms with van der Waals surface area (Å²) in [6, 6.07) is 10.6. The molecule has 156 valence electrons. The topological polar surface area (TPSA) is 73.9 Å². The van der Waals surface area contributed by atoms with E-state index in [4.69, 9.17) is 14.2 Å². The van der Waals surface area contributed by atoms with Gasteiger partial charge in [0.2, 0.25) is 0 Å². The smallest absolute Gasteiger partial charge is 0.338 e. The molecule has 0 bridgehead atoms. The Bertz CT molecular complexity index is 847. The number of carbonyl (C=O) groups excluding carboxylic acids is 2. The maximum atomic E-state index is 12.3. The highest BCUT2D eigenvalue weighted by Gasteiger charge is 2.15. The van der Waals surface area contributed by atoms with Gasteiger partial charge >= 0.3 is 5.97 Å². The number of rotatable bonds is 10. The molecular weight excluding hydrogens is 370 g/mol. The number of esters is 1. The Morgan fingerprint density at radius 1 is 0.966 bits per heavy atom. The molecule has 0 fully saturated rings. The minimum absolute atomic E-state index is 0.301. The van der Waals surface area contributed by atoms with Crippen molar-refractivity contribution in [3.05, 3.63) is 53.1 Å². The summed E-state index contributed by atoms with van der Waals surface area (Å²) in [4.78, 5) is 24.5. The van der Waals surface area contributed by atoms with Gasteiger partial charge in [0.05, 0.1) is 18.8 Å². The van der Waals surface area contributed by atoms with Gasteiger partial charge in [0, 0.05) is 5.69 Å². The normalized spacial score (nSPS) is 10.3. The first-order valence-corrected chi connectivity index (χ1v) is 9.88. The predicted octanol–water partition coefficient (Wildman–Crippen LogP) is 4.68. The van der Waals surface area contributed by atoms with E-state index in [1.165, 1.54) is 0 Å². The maximum Gasteiger partial charge on any atom is 0.338 e. The van der Waals surface area contributed by atoms with E-state index in [0.717, 1.165) is 24.0 Å². The molecule has 0 aliphatic rings. The van der Waals surface area contributed by atoms with Gasteiger partial charge in [-0.15, -0.1) is 0 Å². The van der Waals surface area contributed by atoms with Gasteiger partial charge in [0.25, 0.3) is 5.91 Å². The number of nitrogens with one attached hydrogen (secondary N) is 1. The Labute approximate surface area is 172 Å². The first-order chi connectivity index (χ1) is 13.9. The lowest BCUT2D eigenvalue weighted by atomic mass is 10.1. The van der Waals surface area contributed by atoms with E-state index < -0.39 is 11.9 Å². The van der Waals surface area contributed by atoms with Gasteiger partial charge in [0.1, 0.15) is 0 Å². The highest BCUT2D eigenvalue weighted by Crippen LogP contribution is 2.29. The maximum absolute atomic E-state index is 12.3. The second-order valence-electron chi connectivity index (χ2n) is 6.74. The minimum atomic E-state index is -0.596. The molecule has 0 radical (unpaired) electrons. The number of anilines is 1. The fourth-order valence-electron chi connectivity index (χ4n) is 2.70. The lowest BCUT2D eigenvalue weighted by Crippen LogP contribution is -2.21. The van der Waals surface area contributed by atoms with E-state index >= 15 is 0 Å². The fourth-order valence-corrected chi connectivity index (χ4v) is 2.70. The third kappa shape index (κ3) is 6.82. The van der Waals surface area contributed by atoms with Gasteiger partial charge < -0.3 is 19.5 Å². The van der Waals surface area contributed by atoms with Gasteiger partial charge in [-0.05, 0) is 57.0 Å². The van der Waals surface area contributed by atoms with E-state index in [9.17, 15) is 9.59 Å². The first kappa shape index (κ1) is 22.3. The quantitative estimate of drug-likeness (QED) is 0.464. The number of hydrogen-bond acceptors (Lipinski definition) is 5. The molecule has 1 N–H and O–H groups in total. The summed E-state index contributed by atoms with van der Waals surface area (Å²) in [5, 5.41) is 2.75. The molecule has 0 atom stereocenters. The summed E-state index contributed by atoms with van der Waals surface area (Å²) < 4.78 is 16.4. The largest absolute Gasteiger partial charge is 0.490 e. The Morgan fingerprint density at radius 3 is 2.45 bits per heavy atom. The van der Waals surface area contributed by atoms with Gasteiger partial charge in [-0.3, -0.25) is 4.79 Å². The molecule has 0 unspecified atom stereocenters. The van der Waals surface area contributed by atoms with Crippen molar-refractivity contribution < 1.29 is 23.8 Å². The van der Waals surface area contributed by atoms with Crippen LogP contribution in [0.3, 0.4) is 0 Å². The van der Waals surface area contributed by atoms with Crippen LogP contribution in [0.1, 0.15) is 48.2 Å². The van der Waals surface area contributed by atoms with Gasteiger partial charge in [-0.2, -0.15) is 0 Å². The zero-order valence-corrected chi connectivity index (χ0v) is 17.5. The molecule has 0 saturated carbocycles. The molecule has 29 heavy (non-hydrogen) atoms. The van der Waals surface area contributed by atoms with E-state index in [2.05, 4.69) is 12.2 Å². The van der Waals surface area contributed by atoms with Crippen LogP contribution in [0.25, 0.3) is 0 Å². The predicted molar refractivity (Wildman–Crippen MR) is 113 cm³/mol. The highest BCUT2D eigenvalue weighted by atomic mass is 16.5. The lowest BCUT2D eigenvalue weighted by molar-refractivity contribution is -0.119. The highest BCUT2D eigenvalue weighted by molar-refractivity contribution is 5.96. The van der Waals surface area contributed by atoms with Crippen molar-refractivity contribution in [3.63, 3.8) is 0 Å². The van der Waals surface area contributed by atoms with Crippen molar-refractivity contribution in [1.29, 1.82) is 0 Å². The van der Waals surface area contributed by atoms with Crippen LogP contribution in [-0.4, -0.2) is 31.7 Å². The third-order valence-corrected chi connectivity index (χ3v) is 4.23. The van der Waals surface area contributed by atoms with Gasteiger partial charge in [-0.25, -0.2) is 4.79 Å². The van der Waals surface area contributed by atoms with Crippen molar-refractivity contribution in [2.24, 2.45) is 0 Å². The molecule has 0 spiro atoms. The molecule has 6 nitrogen and oxygen atoms in total. The Hall–Kier alpha value is -3.02. The number of aryl methyl sites for hydroxylation is 2. The monoisotopic (exact) mass is 399 g/mol. The lowest BCUT2D eigenvalue weighted by Gasteiger charge is -2.13. The average Bonchev–Trinajstić information content (AvgIpc) is 2.69. The van der Waals surface area contributed by atoms with E-state index in [1.807, 2.05) is 39.0 Å². The standard InChI is InChI=1S/C23H29NO5/c1-5-7-12-28-20-11-9-18(14-21(20)27-6-2)23(26)29-15-22(25)24-19-10-8-16(3)13-17(19)4/h8-11,13-14H,5-7,12,15H2,1-4H3,(H,24,25). The molecule has 0 aromatic heterocycles. The Morgan fingerprint density at radius 2 is 1.76 bits per heavy atom. The van der Waals surface area contributed by atoms with E-state index in [1.54, 1.807) is 18.2 Å². The zero-order valence-electron chi connectivity index (χ0n) is 17.5. The summed E-state index contributed by atoms with van der Waals surface area (Å²) in [6.07, 6.45) is 1.96. The molecule has 2 aromatic carbocycles. The molecule has 0 heterocycles. The number of benzene rings is 2. The molecule has 0 aliphatic carbocycles. The van der Waals surface area contributed by atoms with Crippen LogP contribution in [-0.2, 0) is 9.53 Å².